The lowest BCUT2D eigenvalue weighted by molar-refractivity contribution is 1.44. The molecular formula is C9H12Cl2S. The van der Waals surface area contributed by atoms with Crippen LogP contribution in [0.25, 0.3) is 0 Å². The summed E-state index contributed by atoms with van der Waals surface area (Å²) in [6.45, 7) is 0. The first-order chi connectivity index (χ1) is 5.41. The summed E-state index contributed by atoms with van der Waals surface area (Å²) < 4.78 is 0. The Hall–Kier alpha value is 0.150. The van der Waals surface area contributed by atoms with E-state index in [1.807, 2.05) is 12.1 Å². The second-order valence-corrected chi connectivity index (χ2v) is 8.37. The first-order valence-corrected chi connectivity index (χ1v) is 7.16. The van der Waals surface area contributed by atoms with Crippen LogP contribution in [0.3, 0.4) is 0 Å². The molecule has 0 spiro atoms. The summed E-state index contributed by atoms with van der Waals surface area (Å²) in [5.41, 5.74) is 0. The summed E-state index contributed by atoms with van der Waals surface area (Å²) in [6.07, 6.45) is 6.63. The van der Waals surface area contributed by atoms with Crippen LogP contribution in [0.1, 0.15) is 0 Å². The van der Waals surface area contributed by atoms with Crippen molar-refractivity contribution in [3.05, 3.63) is 28.2 Å². The second kappa shape index (κ2) is 3.49. The SMILES string of the molecule is CS(C)(C)c1ccc(Cl)cc1Cl. The zero-order valence-corrected chi connectivity index (χ0v) is 9.72. The van der Waals surface area contributed by atoms with E-state index >= 15 is 0 Å². The molecule has 0 unspecified atom stereocenters. The second-order valence-electron chi connectivity index (χ2n) is 3.41. The standard InChI is InChI=1S/C9H12Cl2S/c1-12(2,3)9-5-4-7(10)6-8(9)11/h4-6H,1-3H3. The van der Waals surface area contributed by atoms with Crippen LogP contribution in [0.5, 0.6) is 0 Å². The molecule has 0 N–H and O–H groups in total. The first-order valence-electron chi connectivity index (χ1n) is 3.54. The minimum atomic E-state index is -0.741. The highest BCUT2D eigenvalue weighted by atomic mass is 35.5. The molecular weight excluding hydrogens is 211 g/mol. The Morgan fingerprint density at radius 2 is 1.67 bits per heavy atom. The maximum absolute atomic E-state index is 6.05. The molecule has 3 heteroatoms. The number of benzene rings is 1. The minimum Gasteiger partial charge on any atom is -0.222 e. The van der Waals surface area contributed by atoms with Crippen molar-refractivity contribution in [1.29, 1.82) is 0 Å². The molecule has 0 fully saturated rings. The molecule has 0 bridgehead atoms. The molecule has 0 saturated heterocycles. The van der Waals surface area contributed by atoms with Gasteiger partial charge in [0.15, 0.2) is 0 Å². The van der Waals surface area contributed by atoms with Gasteiger partial charge in [-0.25, -0.2) is 10.0 Å². The molecule has 0 aliphatic heterocycles. The van der Waals surface area contributed by atoms with Crippen molar-refractivity contribution in [3.8, 4) is 0 Å². The molecule has 1 aromatic rings. The van der Waals surface area contributed by atoms with Crippen molar-refractivity contribution >= 4 is 33.2 Å². The Labute approximate surface area is 85.2 Å². The Bertz CT molecular complexity index is 289. The molecule has 0 nitrogen and oxygen atoms in total. The molecule has 12 heavy (non-hydrogen) atoms. The molecule has 0 aliphatic rings. The van der Waals surface area contributed by atoms with E-state index in [2.05, 4.69) is 18.8 Å². The number of halogens is 2. The summed E-state index contributed by atoms with van der Waals surface area (Å²) in [4.78, 5) is 1.22. The fourth-order valence-electron chi connectivity index (χ4n) is 0.972. The van der Waals surface area contributed by atoms with E-state index in [0.717, 1.165) is 5.02 Å². The minimum absolute atomic E-state index is 0.701. The fourth-order valence-corrected chi connectivity index (χ4v) is 3.19. The third kappa shape index (κ3) is 2.32. The highest BCUT2D eigenvalue weighted by Gasteiger charge is 2.11. The summed E-state index contributed by atoms with van der Waals surface area (Å²) >= 11 is 11.8. The van der Waals surface area contributed by atoms with Crippen molar-refractivity contribution in [1.82, 2.24) is 0 Å². The Morgan fingerprint density at radius 1 is 1.08 bits per heavy atom. The molecule has 0 atom stereocenters. The molecule has 0 heterocycles. The number of hydrogen-bond donors (Lipinski definition) is 0. The molecule has 0 radical (unpaired) electrons. The normalized spacial score (nSPS) is 13.1. The van der Waals surface area contributed by atoms with Crippen molar-refractivity contribution < 1.29 is 0 Å². The van der Waals surface area contributed by atoms with Crippen LogP contribution in [0.4, 0.5) is 0 Å². The number of rotatable bonds is 1. The van der Waals surface area contributed by atoms with Crippen LogP contribution >= 0.6 is 33.2 Å². The van der Waals surface area contributed by atoms with E-state index in [1.165, 1.54) is 4.90 Å². The van der Waals surface area contributed by atoms with Crippen molar-refractivity contribution in [3.63, 3.8) is 0 Å². The van der Waals surface area contributed by atoms with Gasteiger partial charge in [-0.15, -0.1) is 0 Å². The van der Waals surface area contributed by atoms with Crippen LogP contribution in [0.2, 0.25) is 10.0 Å². The van der Waals surface area contributed by atoms with Gasteiger partial charge in [-0.3, -0.25) is 0 Å². The molecule has 1 aromatic carbocycles. The largest absolute Gasteiger partial charge is 0.222 e. The van der Waals surface area contributed by atoms with Gasteiger partial charge in [0.25, 0.3) is 0 Å². The maximum atomic E-state index is 6.05. The lowest BCUT2D eigenvalue weighted by Crippen LogP contribution is -1.93. The van der Waals surface area contributed by atoms with Gasteiger partial charge < -0.3 is 0 Å². The molecule has 0 amide bonds. The van der Waals surface area contributed by atoms with Gasteiger partial charge in [-0.05, 0) is 37.0 Å². The number of hydrogen-bond acceptors (Lipinski definition) is 0. The van der Waals surface area contributed by atoms with E-state index in [0.29, 0.717) is 5.02 Å². The molecule has 0 aromatic heterocycles. The van der Waals surface area contributed by atoms with E-state index in [-0.39, 0.29) is 0 Å². The van der Waals surface area contributed by atoms with E-state index in [9.17, 15) is 0 Å². The molecule has 1 rings (SSSR count). The average Bonchev–Trinajstić information content (AvgIpc) is 1.83. The highest BCUT2D eigenvalue weighted by Crippen LogP contribution is 2.48. The zero-order chi connectivity index (χ0) is 9.35. The topological polar surface area (TPSA) is 0 Å². The smallest absolute Gasteiger partial charge is 0.0541 e. The van der Waals surface area contributed by atoms with Crippen LogP contribution in [-0.4, -0.2) is 18.8 Å². The summed E-state index contributed by atoms with van der Waals surface area (Å²) in [5, 5.41) is 1.48. The predicted molar refractivity (Wildman–Crippen MR) is 60.1 cm³/mol. The third-order valence-electron chi connectivity index (χ3n) is 1.55. The average molecular weight is 223 g/mol. The van der Waals surface area contributed by atoms with Crippen molar-refractivity contribution in [2.45, 2.75) is 4.90 Å². The monoisotopic (exact) mass is 222 g/mol. The lowest BCUT2D eigenvalue weighted by Gasteiger charge is -2.26. The summed E-state index contributed by atoms with van der Waals surface area (Å²) in [5.74, 6) is 0. The van der Waals surface area contributed by atoms with E-state index in [1.54, 1.807) is 6.07 Å². The first kappa shape index (κ1) is 10.2. The Balaban J connectivity index is 3.19. The molecule has 68 valence electrons. The third-order valence-corrected chi connectivity index (χ3v) is 3.89. The Morgan fingerprint density at radius 3 is 2.08 bits per heavy atom. The van der Waals surface area contributed by atoms with Crippen LogP contribution in [-0.2, 0) is 0 Å². The van der Waals surface area contributed by atoms with E-state index < -0.39 is 10.0 Å². The van der Waals surface area contributed by atoms with Gasteiger partial charge in [-0.1, -0.05) is 23.2 Å². The van der Waals surface area contributed by atoms with Crippen LogP contribution in [0.15, 0.2) is 23.1 Å². The van der Waals surface area contributed by atoms with Crippen molar-refractivity contribution in [2.24, 2.45) is 0 Å². The van der Waals surface area contributed by atoms with Gasteiger partial charge in [0, 0.05) is 9.92 Å². The quantitative estimate of drug-likeness (QED) is 0.673. The van der Waals surface area contributed by atoms with Gasteiger partial charge in [0.1, 0.15) is 0 Å². The zero-order valence-electron chi connectivity index (χ0n) is 7.40. The molecule has 0 aliphatic carbocycles. The lowest BCUT2D eigenvalue weighted by atomic mass is 10.4. The summed E-state index contributed by atoms with van der Waals surface area (Å²) in [6, 6.07) is 5.71. The van der Waals surface area contributed by atoms with Crippen LogP contribution < -0.4 is 0 Å². The van der Waals surface area contributed by atoms with Gasteiger partial charge in [0.2, 0.25) is 0 Å². The van der Waals surface area contributed by atoms with Crippen molar-refractivity contribution in [2.75, 3.05) is 18.8 Å². The Kier molecular flexibility index (Phi) is 2.97. The van der Waals surface area contributed by atoms with Crippen LogP contribution in [0, 0.1) is 0 Å². The van der Waals surface area contributed by atoms with Gasteiger partial charge in [0.05, 0.1) is 5.02 Å². The van der Waals surface area contributed by atoms with Gasteiger partial charge in [-0.2, -0.15) is 0 Å². The summed E-state index contributed by atoms with van der Waals surface area (Å²) in [7, 11) is -0.741. The van der Waals surface area contributed by atoms with E-state index in [4.69, 9.17) is 23.2 Å². The maximum Gasteiger partial charge on any atom is 0.0541 e. The predicted octanol–water partition coefficient (Wildman–Crippen LogP) is 4.05. The van der Waals surface area contributed by atoms with Gasteiger partial charge >= 0.3 is 0 Å². The molecule has 0 saturated carbocycles. The fraction of sp³-hybridized carbons (Fsp3) is 0.333. The highest BCUT2D eigenvalue weighted by molar-refractivity contribution is 8.32.